The zero-order chi connectivity index (χ0) is 25.0. The predicted octanol–water partition coefficient (Wildman–Crippen LogP) is 5.89. The Morgan fingerprint density at radius 3 is 2.24 bits per heavy atom. The molecule has 3 rings (SSSR count). The summed E-state index contributed by atoms with van der Waals surface area (Å²) in [6.45, 7) is 9.35. The quantitative estimate of drug-likeness (QED) is 0.508. The molecular formula is C27H39N3O4. The summed E-state index contributed by atoms with van der Waals surface area (Å²) in [5.74, 6) is 0.305. The molecule has 0 spiro atoms. The maximum absolute atomic E-state index is 12.7. The molecule has 0 saturated heterocycles. The second-order valence-corrected chi connectivity index (χ2v) is 10.6. The number of allylic oxidation sites excluding steroid dienone is 2. The monoisotopic (exact) mass is 469 g/mol. The van der Waals surface area contributed by atoms with Gasteiger partial charge in [0.1, 0.15) is 5.60 Å². The third kappa shape index (κ3) is 6.84. The minimum Gasteiger partial charge on any atom is -0.453 e. The molecule has 2 unspecified atom stereocenters. The fourth-order valence-corrected chi connectivity index (χ4v) is 4.88. The third-order valence-electron chi connectivity index (χ3n) is 6.54. The zero-order valence-electron chi connectivity index (χ0n) is 21.3. The molecule has 2 saturated carbocycles. The van der Waals surface area contributed by atoms with Gasteiger partial charge in [0, 0.05) is 29.8 Å². The molecule has 0 aromatic heterocycles. The summed E-state index contributed by atoms with van der Waals surface area (Å²) in [5.41, 5.74) is 3.42. The van der Waals surface area contributed by atoms with E-state index in [9.17, 15) is 9.59 Å². The van der Waals surface area contributed by atoms with Crippen LogP contribution >= 0.6 is 0 Å². The van der Waals surface area contributed by atoms with E-state index in [4.69, 9.17) is 14.9 Å². The largest absolute Gasteiger partial charge is 0.453 e. The van der Waals surface area contributed by atoms with E-state index in [0.717, 1.165) is 43.2 Å². The van der Waals surface area contributed by atoms with Crippen molar-refractivity contribution < 1.29 is 19.1 Å². The van der Waals surface area contributed by atoms with Crippen LogP contribution in [-0.4, -0.2) is 53.6 Å². The molecule has 2 amide bonds. The average Bonchev–Trinajstić information content (AvgIpc) is 3.53. The summed E-state index contributed by atoms with van der Waals surface area (Å²) in [4.78, 5) is 26.8. The van der Waals surface area contributed by atoms with Crippen molar-refractivity contribution in [1.82, 2.24) is 10.2 Å². The molecule has 186 valence electrons. The van der Waals surface area contributed by atoms with Gasteiger partial charge in [-0.25, -0.2) is 9.59 Å². The second kappa shape index (κ2) is 10.6. The van der Waals surface area contributed by atoms with Crippen molar-refractivity contribution in [1.29, 1.82) is 5.41 Å². The van der Waals surface area contributed by atoms with Crippen molar-refractivity contribution >= 4 is 23.5 Å². The van der Waals surface area contributed by atoms with Crippen LogP contribution in [0.25, 0.3) is 5.57 Å². The molecule has 34 heavy (non-hydrogen) atoms. The van der Waals surface area contributed by atoms with Crippen molar-refractivity contribution in [3.05, 3.63) is 41.5 Å². The lowest BCUT2D eigenvalue weighted by Gasteiger charge is -2.37. The summed E-state index contributed by atoms with van der Waals surface area (Å²) in [5, 5.41) is 10.6. The normalized spacial score (nSPS) is 24.7. The first-order chi connectivity index (χ1) is 16.0. The number of nitrogens with one attached hydrogen (secondary N) is 2. The number of alkyl carbamates (subject to hydrolysis) is 1. The van der Waals surface area contributed by atoms with Gasteiger partial charge in [-0.05, 0) is 89.5 Å². The summed E-state index contributed by atoms with van der Waals surface area (Å²) >= 11 is 0. The summed E-state index contributed by atoms with van der Waals surface area (Å²) in [7, 11) is 1.44. The fraction of sp³-hybridized carbons (Fsp3) is 0.593. The molecule has 0 heterocycles. The second-order valence-electron chi connectivity index (χ2n) is 10.6. The summed E-state index contributed by atoms with van der Waals surface area (Å²) < 4.78 is 10.5. The van der Waals surface area contributed by atoms with Gasteiger partial charge in [0.05, 0.1) is 7.11 Å². The molecule has 0 radical (unpaired) electrons. The highest BCUT2D eigenvalue weighted by molar-refractivity contribution is 5.96. The van der Waals surface area contributed by atoms with Gasteiger partial charge in [-0.1, -0.05) is 24.3 Å². The number of amides is 2. The highest BCUT2D eigenvalue weighted by Crippen LogP contribution is 2.47. The number of ether oxygens (including phenoxy) is 2. The molecule has 0 aliphatic heterocycles. The third-order valence-corrected chi connectivity index (χ3v) is 6.54. The highest BCUT2D eigenvalue weighted by atomic mass is 16.6. The first-order valence-corrected chi connectivity index (χ1v) is 12.2. The topological polar surface area (TPSA) is 91.7 Å². The predicted molar refractivity (Wildman–Crippen MR) is 134 cm³/mol. The van der Waals surface area contributed by atoms with Gasteiger partial charge in [-0.3, -0.25) is 0 Å². The van der Waals surface area contributed by atoms with Crippen LogP contribution in [0.2, 0.25) is 0 Å². The van der Waals surface area contributed by atoms with Gasteiger partial charge in [0.15, 0.2) is 0 Å². The van der Waals surface area contributed by atoms with E-state index in [1.54, 1.807) is 6.92 Å². The Bertz CT molecular complexity index is 924. The van der Waals surface area contributed by atoms with Crippen LogP contribution in [0.4, 0.5) is 9.59 Å². The lowest BCUT2D eigenvalue weighted by atomic mass is 9.90. The van der Waals surface area contributed by atoms with Crippen molar-refractivity contribution in [2.45, 2.75) is 96.4 Å². The van der Waals surface area contributed by atoms with E-state index >= 15 is 0 Å². The summed E-state index contributed by atoms with van der Waals surface area (Å²) in [6.07, 6.45) is 5.40. The Morgan fingerprint density at radius 2 is 1.71 bits per heavy atom. The van der Waals surface area contributed by atoms with E-state index < -0.39 is 5.60 Å². The lowest BCUT2D eigenvalue weighted by molar-refractivity contribution is 0.0465. The smallest absolute Gasteiger partial charge is 0.410 e. The molecule has 0 bridgehead atoms. The standard InChI is InChI=1S/C27H39N3O4/c1-17(15-18(2)28)19-7-9-20(10-8-19)23-16-24(23)30(26(32)33-6)22-13-11-21(12-14-22)29-25(31)34-27(3,4)5/h7-10,15,21-24,28H,11-14,16H2,1-6H3,(H,29,31)/b17-15+,28-18?. The SMILES string of the molecule is COC(=O)N(C1CCC(NC(=O)OC(C)(C)C)CC1)C1CC1c1ccc(/C(C)=C/C(C)=N)cc1. The average molecular weight is 470 g/mol. The van der Waals surface area contributed by atoms with Gasteiger partial charge >= 0.3 is 12.2 Å². The van der Waals surface area contributed by atoms with Crippen LogP contribution in [0, 0.1) is 5.41 Å². The first-order valence-electron chi connectivity index (χ1n) is 12.2. The van der Waals surface area contributed by atoms with Gasteiger partial charge in [0.25, 0.3) is 0 Å². The number of benzene rings is 1. The molecule has 7 nitrogen and oxygen atoms in total. The van der Waals surface area contributed by atoms with Crippen LogP contribution in [0.5, 0.6) is 0 Å². The number of rotatable bonds is 6. The number of methoxy groups -OCH3 is 1. The van der Waals surface area contributed by atoms with E-state index in [-0.39, 0.29) is 30.3 Å². The lowest BCUT2D eigenvalue weighted by Crippen LogP contribution is -2.48. The van der Waals surface area contributed by atoms with Gasteiger partial charge in [-0.15, -0.1) is 0 Å². The Morgan fingerprint density at radius 1 is 1.09 bits per heavy atom. The maximum atomic E-state index is 12.7. The maximum Gasteiger partial charge on any atom is 0.410 e. The minimum absolute atomic E-state index is 0.0639. The molecule has 2 N–H and O–H groups in total. The molecule has 1 aromatic carbocycles. The number of carbonyl (C=O) groups is 2. The number of hydrogen-bond acceptors (Lipinski definition) is 5. The van der Waals surface area contributed by atoms with Crippen LogP contribution in [0.3, 0.4) is 0 Å². The van der Waals surface area contributed by atoms with Crippen molar-refractivity contribution in [3.8, 4) is 0 Å². The van der Waals surface area contributed by atoms with Crippen LogP contribution in [0.1, 0.15) is 83.8 Å². The highest BCUT2D eigenvalue weighted by Gasteiger charge is 2.48. The van der Waals surface area contributed by atoms with Gasteiger partial charge in [0.2, 0.25) is 0 Å². The van der Waals surface area contributed by atoms with Crippen LogP contribution < -0.4 is 5.32 Å². The van der Waals surface area contributed by atoms with E-state index in [0.29, 0.717) is 11.6 Å². The fourth-order valence-electron chi connectivity index (χ4n) is 4.88. The van der Waals surface area contributed by atoms with E-state index in [1.165, 1.54) is 12.7 Å². The van der Waals surface area contributed by atoms with Crippen molar-refractivity contribution in [2.24, 2.45) is 0 Å². The molecular weight excluding hydrogens is 430 g/mol. The van der Waals surface area contributed by atoms with Crippen LogP contribution in [-0.2, 0) is 9.47 Å². The van der Waals surface area contributed by atoms with Crippen LogP contribution in [0.15, 0.2) is 30.3 Å². The number of hydrogen-bond donors (Lipinski definition) is 2. The van der Waals surface area contributed by atoms with Gasteiger partial charge in [-0.2, -0.15) is 0 Å². The van der Waals surface area contributed by atoms with E-state index in [1.807, 2.05) is 38.7 Å². The minimum atomic E-state index is -0.518. The molecule has 2 fully saturated rings. The van der Waals surface area contributed by atoms with Crippen molar-refractivity contribution in [3.63, 3.8) is 0 Å². The molecule has 7 heteroatoms. The molecule has 2 aliphatic rings. The zero-order valence-corrected chi connectivity index (χ0v) is 21.3. The molecule has 2 atom stereocenters. The molecule has 2 aliphatic carbocycles. The Balaban J connectivity index is 1.60. The van der Waals surface area contributed by atoms with Crippen molar-refractivity contribution in [2.75, 3.05) is 7.11 Å². The van der Waals surface area contributed by atoms with E-state index in [2.05, 4.69) is 29.6 Å². The Labute approximate surface area is 203 Å². The summed E-state index contributed by atoms with van der Waals surface area (Å²) in [6, 6.07) is 8.76. The number of carbonyl (C=O) groups excluding carboxylic acids is 2. The van der Waals surface area contributed by atoms with Gasteiger partial charge < -0.3 is 25.1 Å². The Kier molecular flexibility index (Phi) is 8.05. The number of nitrogens with zero attached hydrogens (tertiary/aromatic N) is 1. The first kappa shape index (κ1) is 25.8. The molecule has 1 aromatic rings. The Hall–Kier alpha value is -2.83.